The minimum absolute atomic E-state index is 0. The fourth-order valence-electron chi connectivity index (χ4n) is 3.77. The molecule has 1 saturated carbocycles. The van der Waals surface area contributed by atoms with E-state index in [-0.39, 0.29) is 18.3 Å². The molecule has 1 amide bonds. The number of nitrogens with zero attached hydrogens (tertiary/aromatic N) is 1. The van der Waals surface area contributed by atoms with Gasteiger partial charge in [0.15, 0.2) is 0 Å². The average Bonchev–Trinajstić information content (AvgIpc) is 2.95. The SMILES string of the molecule is CC(C)CC1CCCN1C(=O)[C@@H]1CCC[C@@H]1CN.Cl. The van der Waals surface area contributed by atoms with E-state index < -0.39 is 0 Å². The number of nitrogens with two attached hydrogens (primary N) is 1. The summed E-state index contributed by atoms with van der Waals surface area (Å²) < 4.78 is 0. The van der Waals surface area contributed by atoms with E-state index >= 15 is 0 Å². The highest BCUT2D eigenvalue weighted by molar-refractivity contribution is 5.85. The maximum atomic E-state index is 12.7. The van der Waals surface area contributed by atoms with Crippen LogP contribution in [0.4, 0.5) is 0 Å². The Balaban J connectivity index is 0.00000180. The van der Waals surface area contributed by atoms with Gasteiger partial charge in [-0.1, -0.05) is 20.3 Å². The lowest BCUT2D eigenvalue weighted by atomic mass is 9.93. The van der Waals surface area contributed by atoms with Gasteiger partial charge >= 0.3 is 0 Å². The van der Waals surface area contributed by atoms with Gasteiger partial charge in [-0.3, -0.25) is 4.79 Å². The van der Waals surface area contributed by atoms with Crippen molar-refractivity contribution in [2.75, 3.05) is 13.1 Å². The van der Waals surface area contributed by atoms with Crippen LogP contribution >= 0.6 is 12.4 Å². The normalized spacial score (nSPS) is 30.7. The Morgan fingerprint density at radius 1 is 1.26 bits per heavy atom. The topological polar surface area (TPSA) is 46.3 Å². The van der Waals surface area contributed by atoms with Gasteiger partial charge < -0.3 is 10.6 Å². The van der Waals surface area contributed by atoms with Gasteiger partial charge in [0.05, 0.1) is 0 Å². The van der Waals surface area contributed by atoms with Gasteiger partial charge in [0.2, 0.25) is 5.91 Å². The summed E-state index contributed by atoms with van der Waals surface area (Å²) in [5.74, 6) is 1.75. The molecule has 2 N–H and O–H groups in total. The van der Waals surface area contributed by atoms with E-state index in [9.17, 15) is 4.79 Å². The molecule has 1 aliphatic carbocycles. The zero-order valence-corrected chi connectivity index (χ0v) is 13.1. The number of rotatable bonds is 4. The summed E-state index contributed by atoms with van der Waals surface area (Å²) in [6.07, 6.45) is 6.93. The van der Waals surface area contributed by atoms with Crippen LogP contribution < -0.4 is 5.73 Å². The molecule has 19 heavy (non-hydrogen) atoms. The van der Waals surface area contributed by atoms with Crippen LogP contribution in [0.25, 0.3) is 0 Å². The highest BCUT2D eigenvalue weighted by Crippen LogP contribution is 2.35. The van der Waals surface area contributed by atoms with Gasteiger partial charge in [-0.05, 0) is 50.5 Å². The quantitative estimate of drug-likeness (QED) is 0.865. The molecule has 4 heteroatoms. The van der Waals surface area contributed by atoms with Crippen LogP contribution in [0.5, 0.6) is 0 Å². The summed E-state index contributed by atoms with van der Waals surface area (Å²) in [6.45, 7) is 6.15. The maximum absolute atomic E-state index is 12.7. The molecule has 0 aromatic carbocycles. The van der Waals surface area contributed by atoms with E-state index in [0.29, 0.717) is 30.3 Å². The van der Waals surface area contributed by atoms with Crippen LogP contribution in [0.2, 0.25) is 0 Å². The lowest BCUT2D eigenvalue weighted by molar-refractivity contribution is -0.137. The van der Waals surface area contributed by atoms with Crippen LogP contribution in [0.15, 0.2) is 0 Å². The molecule has 2 aliphatic rings. The molecule has 0 aromatic rings. The fourth-order valence-corrected chi connectivity index (χ4v) is 3.77. The Morgan fingerprint density at radius 2 is 2.00 bits per heavy atom. The van der Waals surface area contributed by atoms with E-state index in [1.54, 1.807) is 0 Å². The smallest absolute Gasteiger partial charge is 0.226 e. The molecule has 112 valence electrons. The summed E-state index contributed by atoms with van der Waals surface area (Å²) in [7, 11) is 0. The number of halogens is 1. The molecule has 3 atom stereocenters. The minimum atomic E-state index is 0. The maximum Gasteiger partial charge on any atom is 0.226 e. The number of hydrogen-bond donors (Lipinski definition) is 1. The number of likely N-dealkylation sites (tertiary alicyclic amines) is 1. The second-order valence-electron chi connectivity index (χ2n) is 6.49. The van der Waals surface area contributed by atoms with Crippen LogP contribution in [0, 0.1) is 17.8 Å². The molecular formula is C15H29ClN2O. The van der Waals surface area contributed by atoms with Gasteiger partial charge in [-0.25, -0.2) is 0 Å². The van der Waals surface area contributed by atoms with E-state index in [1.165, 1.54) is 19.3 Å². The van der Waals surface area contributed by atoms with Crippen molar-refractivity contribution in [3.63, 3.8) is 0 Å². The highest BCUT2D eigenvalue weighted by atomic mass is 35.5. The predicted octanol–water partition coefficient (Wildman–Crippen LogP) is 2.82. The summed E-state index contributed by atoms with van der Waals surface area (Å²) >= 11 is 0. The summed E-state index contributed by atoms with van der Waals surface area (Å²) in [5.41, 5.74) is 5.81. The first kappa shape index (κ1) is 16.8. The van der Waals surface area contributed by atoms with Gasteiger partial charge in [0.1, 0.15) is 0 Å². The molecule has 0 spiro atoms. The standard InChI is InChI=1S/C15H28N2O.ClH/c1-11(2)9-13-6-4-8-17(13)15(18)14-7-3-5-12(14)10-16;/h11-14H,3-10,16H2,1-2H3;1H/t12-,13?,14-;/m1./s1. The van der Waals surface area contributed by atoms with Crippen molar-refractivity contribution in [1.29, 1.82) is 0 Å². The number of carbonyl (C=O) groups excluding carboxylic acids is 1. The molecule has 0 bridgehead atoms. The summed E-state index contributed by atoms with van der Waals surface area (Å²) in [6, 6.07) is 0.497. The van der Waals surface area contributed by atoms with Crippen molar-refractivity contribution in [1.82, 2.24) is 4.90 Å². The monoisotopic (exact) mass is 288 g/mol. The Labute approximate surface area is 123 Å². The van der Waals surface area contributed by atoms with Crippen LogP contribution in [-0.2, 0) is 4.79 Å². The zero-order chi connectivity index (χ0) is 13.1. The molecular weight excluding hydrogens is 260 g/mol. The third-order valence-electron chi connectivity index (χ3n) is 4.68. The zero-order valence-electron chi connectivity index (χ0n) is 12.3. The van der Waals surface area contributed by atoms with Gasteiger partial charge in [0.25, 0.3) is 0 Å². The third-order valence-corrected chi connectivity index (χ3v) is 4.68. The Kier molecular flexibility index (Phi) is 6.61. The molecule has 1 unspecified atom stereocenters. The first-order valence-electron chi connectivity index (χ1n) is 7.64. The Morgan fingerprint density at radius 3 is 2.63 bits per heavy atom. The van der Waals surface area contributed by atoms with Crippen LogP contribution in [0.3, 0.4) is 0 Å². The second kappa shape index (κ2) is 7.49. The summed E-state index contributed by atoms with van der Waals surface area (Å²) in [5, 5.41) is 0. The van der Waals surface area contributed by atoms with Crippen LogP contribution in [-0.4, -0.2) is 29.9 Å². The number of hydrogen-bond acceptors (Lipinski definition) is 2. The van der Waals surface area contributed by atoms with E-state index in [1.807, 2.05) is 0 Å². The number of carbonyl (C=O) groups is 1. The molecule has 3 nitrogen and oxygen atoms in total. The van der Waals surface area contributed by atoms with Crippen LogP contribution in [0.1, 0.15) is 52.4 Å². The molecule has 0 radical (unpaired) electrons. The Hall–Kier alpha value is -0.280. The van der Waals surface area contributed by atoms with E-state index in [4.69, 9.17) is 5.73 Å². The van der Waals surface area contributed by atoms with Crippen molar-refractivity contribution in [2.24, 2.45) is 23.5 Å². The minimum Gasteiger partial charge on any atom is -0.339 e. The van der Waals surface area contributed by atoms with Crippen molar-refractivity contribution in [3.8, 4) is 0 Å². The fraction of sp³-hybridized carbons (Fsp3) is 0.933. The van der Waals surface area contributed by atoms with Crippen molar-refractivity contribution in [3.05, 3.63) is 0 Å². The van der Waals surface area contributed by atoms with Gasteiger partial charge in [-0.2, -0.15) is 0 Å². The molecule has 2 fully saturated rings. The Bertz CT molecular complexity index is 296. The first-order valence-corrected chi connectivity index (χ1v) is 7.64. The lowest BCUT2D eigenvalue weighted by Gasteiger charge is -2.30. The molecule has 1 saturated heterocycles. The summed E-state index contributed by atoms with van der Waals surface area (Å²) in [4.78, 5) is 14.9. The largest absolute Gasteiger partial charge is 0.339 e. The molecule has 1 aliphatic heterocycles. The van der Waals surface area contributed by atoms with Crippen molar-refractivity contribution >= 4 is 18.3 Å². The van der Waals surface area contributed by atoms with Gasteiger partial charge in [0, 0.05) is 18.5 Å². The van der Waals surface area contributed by atoms with E-state index in [0.717, 1.165) is 25.8 Å². The third kappa shape index (κ3) is 3.85. The molecule has 1 heterocycles. The van der Waals surface area contributed by atoms with Crippen molar-refractivity contribution in [2.45, 2.75) is 58.4 Å². The second-order valence-corrected chi connectivity index (χ2v) is 6.49. The van der Waals surface area contributed by atoms with Crippen molar-refractivity contribution < 1.29 is 4.79 Å². The predicted molar refractivity (Wildman–Crippen MR) is 81.3 cm³/mol. The lowest BCUT2D eigenvalue weighted by Crippen LogP contribution is -2.42. The highest BCUT2D eigenvalue weighted by Gasteiger charge is 2.38. The van der Waals surface area contributed by atoms with E-state index in [2.05, 4.69) is 18.7 Å². The molecule has 0 aromatic heterocycles. The number of amides is 1. The average molecular weight is 289 g/mol. The molecule has 2 rings (SSSR count). The first-order chi connectivity index (χ1) is 8.63. The van der Waals surface area contributed by atoms with Gasteiger partial charge in [-0.15, -0.1) is 12.4 Å².